The lowest BCUT2D eigenvalue weighted by atomic mass is 10.2. The first-order chi connectivity index (χ1) is 12.3. The highest BCUT2D eigenvalue weighted by atomic mass is 35.5. The van der Waals surface area contributed by atoms with Crippen LogP contribution in [0, 0.1) is 0 Å². The lowest BCUT2D eigenvalue weighted by Gasteiger charge is -2.13. The summed E-state index contributed by atoms with van der Waals surface area (Å²) in [6, 6.07) is 10.1. The Morgan fingerprint density at radius 1 is 1.08 bits per heavy atom. The molecule has 1 aliphatic rings. The molecule has 2 N–H and O–H groups in total. The molecule has 0 atom stereocenters. The number of sulfone groups is 1. The Bertz CT molecular complexity index is 967. The molecule has 8 heteroatoms. The van der Waals surface area contributed by atoms with Crippen LogP contribution in [0.3, 0.4) is 0 Å². The van der Waals surface area contributed by atoms with Crippen molar-refractivity contribution in [2.45, 2.75) is 35.6 Å². The van der Waals surface area contributed by atoms with Crippen molar-refractivity contribution >= 4 is 38.9 Å². The Morgan fingerprint density at radius 2 is 1.73 bits per heavy atom. The summed E-state index contributed by atoms with van der Waals surface area (Å²) in [4.78, 5) is 23.7. The van der Waals surface area contributed by atoms with Crippen molar-refractivity contribution < 1.29 is 18.0 Å². The highest BCUT2D eigenvalue weighted by Crippen LogP contribution is 2.30. The molecule has 0 aliphatic heterocycles. The van der Waals surface area contributed by atoms with E-state index in [0.29, 0.717) is 5.02 Å². The van der Waals surface area contributed by atoms with Crippen molar-refractivity contribution in [1.82, 2.24) is 5.32 Å². The summed E-state index contributed by atoms with van der Waals surface area (Å²) in [6.45, 7) is 1.27. The molecule has 3 rings (SSSR count). The standard InChI is InChI=1S/C18H17ClN2O4S/c1-11(22)20-16-10-12(18(23)21-14-5-6-14)2-9-17(16)26(24,25)15-7-3-13(19)4-8-15/h2-4,7-10,14H,5-6H2,1H3,(H,20,22)(H,21,23). The smallest absolute Gasteiger partial charge is 0.251 e. The van der Waals surface area contributed by atoms with E-state index in [1.807, 2.05) is 0 Å². The van der Waals surface area contributed by atoms with Gasteiger partial charge in [0.05, 0.1) is 15.5 Å². The fraction of sp³-hybridized carbons (Fsp3) is 0.222. The van der Waals surface area contributed by atoms with Crippen molar-refractivity contribution in [3.8, 4) is 0 Å². The third-order valence-corrected chi connectivity index (χ3v) is 5.96. The lowest BCUT2D eigenvalue weighted by molar-refractivity contribution is -0.114. The predicted octanol–water partition coefficient (Wildman–Crippen LogP) is 3.02. The monoisotopic (exact) mass is 392 g/mol. The summed E-state index contributed by atoms with van der Waals surface area (Å²) in [5, 5.41) is 5.75. The maximum absolute atomic E-state index is 12.9. The number of hydrogen-bond acceptors (Lipinski definition) is 4. The summed E-state index contributed by atoms with van der Waals surface area (Å²) in [5.41, 5.74) is 0.353. The quantitative estimate of drug-likeness (QED) is 0.818. The van der Waals surface area contributed by atoms with Gasteiger partial charge in [-0.1, -0.05) is 11.6 Å². The van der Waals surface area contributed by atoms with Crippen LogP contribution >= 0.6 is 11.6 Å². The first kappa shape index (κ1) is 18.4. The maximum atomic E-state index is 12.9. The van der Waals surface area contributed by atoms with E-state index in [1.54, 1.807) is 0 Å². The number of halogens is 1. The minimum atomic E-state index is -3.89. The third kappa shape index (κ3) is 4.05. The highest BCUT2D eigenvalue weighted by molar-refractivity contribution is 7.91. The molecule has 0 heterocycles. The molecule has 0 bridgehead atoms. The molecule has 1 fully saturated rings. The molecule has 0 radical (unpaired) electrons. The second-order valence-electron chi connectivity index (χ2n) is 6.10. The molecule has 2 aromatic rings. The zero-order valence-corrected chi connectivity index (χ0v) is 15.5. The second kappa shape index (κ2) is 7.09. The highest BCUT2D eigenvalue weighted by Gasteiger charge is 2.26. The Hall–Kier alpha value is -2.38. The molecule has 136 valence electrons. The van der Waals surface area contributed by atoms with Gasteiger partial charge in [0, 0.05) is 23.6 Å². The average molecular weight is 393 g/mol. The number of hydrogen-bond donors (Lipinski definition) is 2. The fourth-order valence-corrected chi connectivity index (χ4v) is 3.95. The molecule has 26 heavy (non-hydrogen) atoms. The van der Waals surface area contributed by atoms with E-state index in [4.69, 9.17) is 11.6 Å². The number of amides is 2. The third-order valence-electron chi connectivity index (χ3n) is 3.88. The van der Waals surface area contributed by atoms with Crippen molar-refractivity contribution in [2.75, 3.05) is 5.32 Å². The number of carbonyl (C=O) groups excluding carboxylic acids is 2. The van der Waals surface area contributed by atoms with Crippen LogP contribution in [-0.4, -0.2) is 26.3 Å². The SMILES string of the molecule is CC(=O)Nc1cc(C(=O)NC2CC2)ccc1S(=O)(=O)c1ccc(Cl)cc1. The van der Waals surface area contributed by atoms with E-state index in [1.165, 1.54) is 49.4 Å². The van der Waals surface area contributed by atoms with Gasteiger partial charge in [0.1, 0.15) is 0 Å². The van der Waals surface area contributed by atoms with Gasteiger partial charge in [-0.05, 0) is 55.3 Å². The number of benzene rings is 2. The van der Waals surface area contributed by atoms with Crippen LogP contribution in [0.5, 0.6) is 0 Å². The van der Waals surface area contributed by atoms with E-state index < -0.39 is 15.7 Å². The van der Waals surface area contributed by atoms with Crippen LogP contribution in [0.1, 0.15) is 30.1 Å². The van der Waals surface area contributed by atoms with Gasteiger partial charge < -0.3 is 10.6 Å². The zero-order chi connectivity index (χ0) is 18.9. The van der Waals surface area contributed by atoms with Crippen molar-refractivity contribution in [1.29, 1.82) is 0 Å². The van der Waals surface area contributed by atoms with Crippen molar-refractivity contribution in [2.24, 2.45) is 0 Å². The Balaban J connectivity index is 2.02. The molecule has 2 amide bonds. The van der Waals surface area contributed by atoms with E-state index in [9.17, 15) is 18.0 Å². The van der Waals surface area contributed by atoms with E-state index >= 15 is 0 Å². The predicted molar refractivity (Wildman–Crippen MR) is 98.1 cm³/mol. The first-order valence-electron chi connectivity index (χ1n) is 8.00. The van der Waals surface area contributed by atoms with Gasteiger partial charge in [-0.3, -0.25) is 9.59 Å². The Kier molecular flexibility index (Phi) is 5.02. The Morgan fingerprint density at radius 3 is 2.31 bits per heavy atom. The molecular formula is C18H17ClN2O4S. The second-order valence-corrected chi connectivity index (χ2v) is 8.45. The molecule has 2 aromatic carbocycles. The van der Waals surface area contributed by atoms with Gasteiger partial charge in [0.2, 0.25) is 15.7 Å². The summed E-state index contributed by atoms with van der Waals surface area (Å²) >= 11 is 5.81. The van der Waals surface area contributed by atoms with Gasteiger partial charge in [-0.15, -0.1) is 0 Å². The van der Waals surface area contributed by atoms with Gasteiger partial charge in [0.15, 0.2) is 0 Å². The van der Waals surface area contributed by atoms with Gasteiger partial charge in [0.25, 0.3) is 5.91 Å². The first-order valence-corrected chi connectivity index (χ1v) is 9.86. The molecule has 1 aliphatic carbocycles. The normalized spacial score (nSPS) is 13.9. The number of nitrogens with one attached hydrogen (secondary N) is 2. The van der Waals surface area contributed by atoms with E-state index in [2.05, 4.69) is 10.6 Å². The number of anilines is 1. The zero-order valence-electron chi connectivity index (χ0n) is 14.0. The van der Waals surface area contributed by atoms with Crippen LogP contribution < -0.4 is 10.6 Å². The lowest BCUT2D eigenvalue weighted by Crippen LogP contribution is -2.25. The minimum absolute atomic E-state index is 0.0451. The van der Waals surface area contributed by atoms with Crippen LogP contribution in [0.25, 0.3) is 0 Å². The molecule has 1 saturated carbocycles. The number of rotatable bonds is 5. The van der Waals surface area contributed by atoms with Gasteiger partial charge in [-0.2, -0.15) is 0 Å². The maximum Gasteiger partial charge on any atom is 0.251 e. The molecule has 0 unspecified atom stereocenters. The van der Waals surface area contributed by atoms with Crippen molar-refractivity contribution in [3.63, 3.8) is 0 Å². The average Bonchev–Trinajstić information content (AvgIpc) is 3.38. The minimum Gasteiger partial charge on any atom is -0.349 e. The van der Waals surface area contributed by atoms with Crippen LogP contribution in [0.4, 0.5) is 5.69 Å². The summed E-state index contributed by atoms with van der Waals surface area (Å²) in [6.07, 6.45) is 1.88. The Labute approximate surface area is 156 Å². The fourth-order valence-electron chi connectivity index (χ4n) is 2.43. The molecule has 0 spiro atoms. The molecule has 0 aromatic heterocycles. The summed E-state index contributed by atoms with van der Waals surface area (Å²) < 4.78 is 25.8. The topological polar surface area (TPSA) is 92.3 Å². The molecule has 0 saturated heterocycles. The summed E-state index contributed by atoms with van der Waals surface area (Å²) in [7, 11) is -3.89. The van der Waals surface area contributed by atoms with E-state index in [0.717, 1.165) is 12.8 Å². The number of carbonyl (C=O) groups is 2. The largest absolute Gasteiger partial charge is 0.349 e. The molecular weight excluding hydrogens is 376 g/mol. The van der Waals surface area contributed by atoms with Crippen LogP contribution in [0.15, 0.2) is 52.3 Å². The van der Waals surface area contributed by atoms with Crippen molar-refractivity contribution in [3.05, 3.63) is 53.1 Å². The van der Waals surface area contributed by atoms with Crippen LogP contribution in [0.2, 0.25) is 5.02 Å². The molecule has 6 nitrogen and oxygen atoms in total. The van der Waals surface area contributed by atoms with Crippen LogP contribution in [-0.2, 0) is 14.6 Å². The summed E-state index contributed by atoms with van der Waals surface area (Å²) in [5.74, 6) is -0.730. The van der Waals surface area contributed by atoms with Gasteiger partial charge in [-0.25, -0.2) is 8.42 Å². The van der Waals surface area contributed by atoms with Gasteiger partial charge >= 0.3 is 0 Å². The van der Waals surface area contributed by atoms with E-state index in [-0.39, 0.29) is 33.0 Å².